The van der Waals surface area contributed by atoms with Gasteiger partial charge in [-0.3, -0.25) is 9.78 Å². The Hall–Kier alpha value is -2.13. The van der Waals surface area contributed by atoms with Gasteiger partial charge in [-0.25, -0.2) is 0 Å². The molecule has 0 radical (unpaired) electrons. The lowest BCUT2D eigenvalue weighted by molar-refractivity contribution is 0.108. The van der Waals surface area contributed by atoms with Crippen LogP contribution in [0.1, 0.15) is 15.9 Å². The summed E-state index contributed by atoms with van der Waals surface area (Å²) in [6.45, 7) is 1.95. The van der Waals surface area contributed by atoms with Crippen molar-refractivity contribution in [1.82, 2.24) is 4.98 Å². The molecule has 2 aromatic carbocycles. The molecule has 0 saturated heterocycles. The number of aryl methyl sites for hydroxylation is 1. The van der Waals surface area contributed by atoms with Crippen molar-refractivity contribution < 1.29 is 4.79 Å². The maximum Gasteiger partial charge on any atom is 0.224 e. The Bertz CT molecular complexity index is 777. The first kappa shape index (κ1) is 12.9. The molecule has 3 heteroatoms. The number of rotatable bonds is 2. The monoisotopic (exact) mass is 279 g/mol. The van der Waals surface area contributed by atoms with Gasteiger partial charge in [-0.05, 0) is 36.4 Å². The van der Waals surface area contributed by atoms with E-state index in [1.165, 1.54) is 11.8 Å². The summed E-state index contributed by atoms with van der Waals surface area (Å²) in [7, 11) is 0. The Morgan fingerprint density at radius 2 is 1.80 bits per heavy atom. The molecule has 0 N–H and O–H groups in total. The van der Waals surface area contributed by atoms with Gasteiger partial charge in [0.2, 0.25) is 5.12 Å². The number of hydrogen-bond acceptors (Lipinski definition) is 3. The molecule has 0 saturated carbocycles. The Labute approximate surface area is 121 Å². The number of aromatic nitrogens is 1. The van der Waals surface area contributed by atoms with Crippen LogP contribution in [0.5, 0.6) is 0 Å². The number of carbonyl (C=O) groups excluding carboxylic acids is 1. The molecular weight excluding hydrogens is 266 g/mol. The molecule has 98 valence electrons. The van der Waals surface area contributed by atoms with Crippen molar-refractivity contribution in [2.75, 3.05) is 0 Å². The van der Waals surface area contributed by atoms with E-state index in [0.29, 0.717) is 0 Å². The average molecular weight is 279 g/mol. The third-order valence-electron chi connectivity index (χ3n) is 3.16. The van der Waals surface area contributed by atoms with Gasteiger partial charge >= 0.3 is 0 Å². The predicted molar refractivity (Wildman–Crippen MR) is 83.1 cm³/mol. The predicted octanol–water partition coefficient (Wildman–Crippen LogP) is 4.48. The van der Waals surface area contributed by atoms with E-state index in [0.717, 1.165) is 26.9 Å². The molecule has 0 fully saturated rings. The molecule has 0 aliphatic carbocycles. The van der Waals surface area contributed by atoms with Crippen LogP contribution in [0.25, 0.3) is 10.9 Å². The van der Waals surface area contributed by atoms with E-state index in [9.17, 15) is 4.79 Å². The summed E-state index contributed by atoms with van der Waals surface area (Å²) in [5.41, 5.74) is 2.63. The van der Waals surface area contributed by atoms with E-state index in [-0.39, 0.29) is 5.12 Å². The van der Waals surface area contributed by atoms with Crippen molar-refractivity contribution in [3.05, 3.63) is 71.9 Å². The number of hydrogen-bond donors (Lipinski definition) is 0. The molecule has 0 unspecified atom stereocenters. The second-order valence-corrected chi connectivity index (χ2v) is 5.55. The summed E-state index contributed by atoms with van der Waals surface area (Å²) in [4.78, 5) is 17.7. The molecule has 2 nitrogen and oxygen atoms in total. The van der Waals surface area contributed by atoms with E-state index >= 15 is 0 Å². The average Bonchev–Trinajstić information content (AvgIpc) is 2.48. The molecule has 20 heavy (non-hydrogen) atoms. The molecule has 1 aromatic heterocycles. The molecule has 0 atom stereocenters. The highest BCUT2D eigenvalue weighted by Gasteiger charge is 2.12. The largest absolute Gasteiger partial charge is 0.281 e. The molecule has 0 amide bonds. The minimum atomic E-state index is 0.0567. The highest BCUT2D eigenvalue weighted by molar-refractivity contribution is 8.14. The fourth-order valence-electron chi connectivity index (χ4n) is 2.12. The van der Waals surface area contributed by atoms with Crippen molar-refractivity contribution in [2.24, 2.45) is 0 Å². The summed E-state index contributed by atoms with van der Waals surface area (Å²) >= 11 is 1.24. The smallest absolute Gasteiger partial charge is 0.224 e. The van der Waals surface area contributed by atoms with Gasteiger partial charge in [0.1, 0.15) is 0 Å². The van der Waals surface area contributed by atoms with Crippen LogP contribution >= 0.6 is 11.8 Å². The van der Waals surface area contributed by atoms with Gasteiger partial charge in [0.05, 0.1) is 5.52 Å². The molecule has 3 rings (SSSR count). The molecule has 0 bridgehead atoms. The van der Waals surface area contributed by atoms with Gasteiger partial charge < -0.3 is 0 Å². The van der Waals surface area contributed by atoms with Gasteiger partial charge in [0, 0.05) is 22.0 Å². The molecule has 0 aliphatic heterocycles. The first-order valence-corrected chi connectivity index (χ1v) is 7.19. The third kappa shape index (κ3) is 2.45. The fraction of sp³-hybridized carbons (Fsp3) is 0.0588. The van der Waals surface area contributed by atoms with Gasteiger partial charge in [-0.15, -0.1) is 0 Å². The van der Waals surface area contributed by atoms with Crippen molar-refractivity contribution in [1.29, 1.82) is 0 Å². The van der Waals surface area contributed by atoms with Crippen LogP contribution in [-0.4, -0.2) is 10.1 Å². The van der Waals surface area contributed by atoms with Crippen LogP contribution in [0.4, 0.5) is 0 Å². The van der Waals surface area contributed by atoms with Crippen LogP contribution < -0.4 is 0 Å². The second kappa shape index (κ2) is 5.47. The van der Waals surface area contributed by atoms with E-state index in [4.69, 9.17) is 0 Å². The molecule has 0 spiro atoms. The van der Waals surface area contributed by atoms with Crippen molar-refractivity contribution in [3.63, 3.8) is 0 Å². The van der Waals surface area contributed by atoms with Gasteiger partial charge in [-0.1, -0.05) is 42.5 Å². The van der Waals surface area contributed by atoms with Crippen molar-refractivity contribution in [3.8, 4) is 0 Å². The van der Waals surface area contributed by atoms with Crippen LogP contribution in [0.3, 0.4) is 0 Å². The molecule has 0 aliphatic rings. The normalized spacial score (nSPS) is 10.7. The Morgan fingerprint density at radius 1 is 1.00 bits per heavy atom. The summed E-state index contributed by atoms with van der Waals surface area (Å²) in [6, 6.07) is 17.5. The quantitative estimate of drug-likeness (QED) is 0.648. The van der Waals surface area contributed by atoms with E-state index in [1.54, 1.807) is 6.20 Å². The van der Waals surface area contributed by atoms with E-state index < -0.39 is 0 Å². The Balaban J connectivity index is 1.98. The second-order valence-electron chi connectivity index (χ2n) is 4.54. The molecule has 3 aromatic rings. The number of pyridine rings is 1. The van der Waals surface area contributed by atoms with E-state index in [2.05, 4.69) is 4.98 Å². The number of nitrogens with zero attached hydrogens (tertiary/aromatic N) is 1. The summed E-state index contributed by atoms with van der Waals surface area (Å²) in [5, 5.41) is 1.11. The maximum atomic E-state index is 12.4. The fourth-order valence-corrected chi connectivity index (χ4v) is 3.07. The van der Waals surface area contributed by atoms with Crippen LogP contribution in [0.2, 0.25) is 0 Å². The van der Waals surface area contributed by atoms with Crippen molar-refractivity contribution >= 4 is 27.8 Å². The number of benzene rings is 2. The zero-order chi connectivity index (χ0) is 13.9. The molecule has 1 heterocycles. The lowest BCUT2D eigenvalue weighted by Crippen LogP contribution is -1.96. The summed E-state index contributed by atoms with van der Waals surface area (Å²) in [6.07, 6.45) is 1.75. The zero-order valence-electron chi connectivity index (χ0n) is 11.0. The highest BCUT2D eigenvalue weighted by atomic mass is 32.2. The van der Waals surface area contributed by atoms with Crippen molar-refractivity contribution in [2.45, 2.75) is 11.8 Å². The Morgan fingerprint density at radius 3 is 2.65 bits per heavy atom. The lowest BCUT2D eigenvalue weighted by Gasteiger charge is -2.06. The van der Waals surface area contributed by atoms with Gasteiger partial charge in [-0.2, -0.15) is 0 Å². The summed E-state index contributed by atoms with van der Waals surface area (Å²) < 4.78 is 0. The third-order valence-corrected chi connectivity index (χ3v) is 4.12. The van der Waals surface area contributed by atoms with Crippen LogP contribution in [0.15, 0.2) is 65.7 Å². The number of fused-ring (bicyclic) bond motifs is 1. The van der Waals surface area contributed by atoms with Gasteiger partial charge in [0.15, 0.2) is 0 Å². The first-order valence-electron chi connectivity index (χ1n) is 6.37. The topological polar surface area (TPSA) is 30.0 Å². The standard InChI is InChI=1S/C17H13NOS/c1-12-6-2-3-9-14(12)17(19)20-15-10-4-7-13-8-5-11-18-16(13)15/h2-11H,1H3. The van der Waals surface area contributed by atoms with Gasteiger partial charge in [0.25, 0.3) is 0 Å². The van der Waals surface area contributed by atoms with Crippen LogP contribution in [0, 0.1) is 6.92 Å². The first-order chi connectivity index (χ1) is 9.75. The zero-order valence-corrected chi connectivity index (χ0v) is 11.9. The number of para-hydroxylation sites is 1. The van der Waals surface area contributed by atoms with Crippen LogP contribution in [-0.2, 0) is 0 Å². The lowest BCUT2D eigenvalue weighted by atomic mass is 10.1. The number of thioether (sulfide) groups is 1. The number of carbonyl (C=O) groups is 1. The molecular formula is C17H13NOS. The minimum Gasteiger partial charge on any atom is -0.281 e. The minimum absolute atomic E-state index is 0.0567. The maximum absolute atomic E-state index is 12.4. The summed E-state index contributed by atoms with van der Waals surface area (Å²) in [5.74, 6) is 0. The van der Waals surface area contributed by atoms with E-state index in [1.807, 2.05) is 61.5 Å². The highest BCUT2D eigenvalue weighted by Crippen LogP contribution is 2.29. The Kier molecular flexibility index (Phi) is 3.52. The SMILES string of the molecule is Cc1ccccc1C(=O)Sc1cccc2cccnc12.